The van der Waals surface area contributed by atoms with Crippen molar-refractivity contribution in [1.82, 2.24) is 4.57 Å². The van der Waals surface area contributed by atoms with E-state index in [1.165, 1.54) is 10.8 Å². The maximum atomic E-state index is 13.1. The third-order valence-corrected chi connectivity index (χ3v) is 9.25. The van der Waals surface area contributed by atoms with Gasteiger partial charge in [0.25, 0.3) is 0 Å². The number of carbonyl (C=O) groups excluding carboxylic acids is 1. The molecule has 1 fully saturated rings. The van der Waals surface area contributed by atoms with Crippen LogP contribution in [-0.4, -0.2) is 38.9 Å². The van der Waals surface area contributed by atoms with Crippen LogP contribution in [0.5, 0.6) is 0 Å². The second kappa shape index (κ2) is 4.43. The highest BCUT2D eigenvalue weighted by Crippen LogP contribution is 2.55. The van der Waals surface area contributed by atoms with Crippen molar-refractivity contribution in [3.63, 3.8) is 0 Å². The lowest BCUT2D eigenvalue weighted by Crippen LogP contribution is -2.61. The number of nitrogens with zero attached hydrogens (tertiary/aromatic N) is 1. The lowest BCUT2D eigenvalue weighted by molar-refractivity contribution is -0.131. The topological polar surface area (TPSA) is 29.5 Å². The summed E-state index contributed by atoms with van der Waals surface area (Å²) in [6, 6.07) is 0. The highest BCUT2D eigenvalue weighted by atomic mass is 28.3. The van der Waals surface area contributed by atoms with Gasteiger partial charge >= 0.3 is 0 Å². The summed E-state index contributed by atoms with van der Waals surface area (Å²) in [6.07, 6.45) is 5.71. The lowest BCUT2D eigenvalue weighted by Gasteiger charge is -2.47. The van der Waals surface area contributed by atoms with Gasteiger partial charge in [-0.3, -0.25) is 9.36 Å². The molecule has 0 unspecified atom stereocenters. The number of allylic oxidation sites excluding steroid dienone is 2. The van der Waals surface area contributed by atoms with E-state index in [0.29, 0.717) is 5.78 Å². The fraction of sp³-hybridized carbons (Fsp3) is 0.688. The van der Waals surface area contributed by atoms with Gasteiger partial charge in [-0.1, -0.05) is 39.3 Å². The third kappa shape index (κ3) is 1.97. The van der Waals surface area contributed by atoms with Crippen molar-refractivity contribution in [2.24, 2.45) is 5.92 Å². The number of ether oxygens (including phenoxy) is 1. The molecule has 3 aliphatic rings. The molecule has 5 heteroatoms. The number of rotatable bonds is 2. The largest absolute Gasteiger partial charge is 0.476 e. The molecule has 2 heterocycles. The molecule has 0 amide bonds. The first-order chi connectivity index (χ1) is 9.60. The Bertz CT molecular complexity index is 554. The van der Waals surface area contributed by atoms with E-state index in [0.717, 1.165) is 19.4 Å². The van der Waals surface area contributed by atoms with Crippen LogP contribution in [-0.2, 0) is 9.53 Å². The van der Waals surface area contributed by atoms with Gasteiger partial charge in [-0.2, -0.15) is 0 Å². The van der Waals surface area contributed by atoms with Crippen molar-refractivity contribution < 1.29 is 9.53 Å². The number of hydrogen-bond donors (Lipinski definition) is 0. The van der Waals surface area contributed by atoms with Crippen molar-refractivity contribution in [2.45, 2.75) is 57.8 Å². The second-order valence-electron chi connectivity index (χ2n) is 8.51. The van der Waals surface area contributed by atoms with Gasteiger partial charge in [-0.05, 0) is 36.2 Å². The standard InChI is InChI=1S/C16H27NO2Si2/c1-20(2,3)15-13-9-10-17(21(4,5)6)16(13)12(14(15)18)8-7-11-19-16/h7,11-12H,8-10H2,1-6H3/t12-,16-/m1/s1. The van der Waals surface area contributed by atoms with Crippen LogP contribution in [0.4, 0.5) is 0 Å². The Balaban J connectivity index is 2.22. The highest BCUT2D eigenvalue weighted by Gasteiger charge is 2.64. The van der Waals surface area contributed by atoms with Crippen LogP contribution in [0.1, 0.15) is 12.8 Å². The molecule has 0 aromatic rings. The fourth-order valence-electron chi connectivity index (χ4n) is 4.42. The van der Waals surface area contributed by atoms with Gasteiger partial charge < -0.3 is 4.74 Å². The van der Waals surface area contributed by atoms with Crippen molar-refractivity contribution in [3.8, 4) is 0 Å². The van der Waals surface area contributed by atoms with E-state index in [-0.39, 0.29) is 5.92 Å². The van der Waals surface area contributed by atoms with Gasteiger partial charge in [0.2, 0.25) is 0 Å². The molecule has 0 aromatic carbocycles. The summed E-state index contributed by atoms with van der Waals surface area (Å²) in [4.78, 5) is 13.1. The van der Waals surface area contributed by atoms with Crippen molar-refractivity contribution >= 4 is 22.1 Å². The predicted molar refractivity (Wildman–Crippen MR) is 91.1 cm³/mol. The van der Waals surface area contributed by atoms with Crippen molar-refractivity contribution in [2.75, 3.05) is 6.54 Å². The van der Waals surface area contributed by atoms with Crippen LogP contribution in [0.15, 0.2) is 23.1 Å². The molecular formula is C16H27NO2Si2. The minimum absolute atomic E-state index is 0.00606. The second-order valence-corrected chi connectivity index (χ2v) is 18.4. The minimum Gasteiger partial charge on any atom is -0.476 e. The lowest BCUT2D eigenvalue weighted by atomic mass is 9.90. The fourth-order valence-corrected chi connectivity index (χ4v) is 8.66. The van der Waals surface area contributed by atoms with Crippen LogP contribution >= 0.6 is 0 Å². The van der Waals surface area contributed by atoms with E-state index in [9.17, 15) is 4.79 Å². The Labute approximate surface area is 130 Å². The number of carbonyl (C=O) groups is 1. The molecular weight excluding hydrogens is 294 g/mol. The first-order valence-corrected chi connectivity index (χ1v) is 14.9. The molecule has 0 aromatic heterocycles. The molecule has 0 radical (unpaired) electrons. The summed E-state index contributed by atoms with van der Waals surface area (Å²) in [5.74, 6) is 0.380. The Morgan fingerprint density at radius 3 is 2.48 bits per heavy atom. The molecule has 2 atom stereocenters. The summed E-state index contributed by atoms with van der Waals surface area (Å²) < 4.78 is 8.84. The van der Waals surface area contributed by atoms with E-state index in [2.05, 4.69) is 43.8 Å². The monoisotopic (exact) mass is 321 g/mol. The van der Waals surface area contributed by atoms with E-state index in [4.69, 9.17) is 4.74 Å². The maximum Gasteiger partial charge on any atom is 0.189 e. The zero-order valence-electron chi connectivity index (χ0n) is 14.1. The molecule has 0 N–H and O–H groups in total. The van der Waals surface area contributed by atoms with Crippen LogP contribution in [0.2, 0.25) is 39.3 Å². The molecule has 1 spiro atoms. The minimum atomic E-state index is -1.64. The smallest absolute Gasteiger partial charge is 0.189 e. The first-order valence-electron chi connectivity index (χ1n) is 7.99. The number of ketones is 1. The zero-order chi connectivity index (χ0) is 15.6. The highest BCUT2D eigenvalue weighted by molar-refractivity contribution is 6.87. The van der Waals surface area contributed by atoms with Crippen LogP contribution in [0.25, 0.3) is 0 Å². The van der Waals surface area contributed by atoms with E-state index in [1.54, 1.807) is 0 Å². The van der Waals surface area contributed by atoms with Crippen LogP contribution in [0, 0.1) is 5.92 Å². The molecule has 3 nitrogen and oxygen atoms in total. The summed E-state index contributed by atoms with van der Waals surface area (Å²) in [7, 11) is -3.19. The van der Waals surface area contributed by atoms with E-state index >= 15 is 0 Å². The van der Waals surface area contributed by atoms with E-state index in [1.807, 2.05) is 12.3 Å². The Morgan fingerprint density at radius 2 is 1.90 bits per heavy atom. The van der Waals surface area contributed by atoms with Crippen LogP contribution in [0.3, 0.4) is 0 Å². The SMILES string of the molecule is C[Si](C)(C)C1=C2CCN([Si](C)(C)C)[C@]23OC=CC[C@@H]3C1=O. The molecule has 116 valence electrons. The molecule has 2 aliphatic heterocycles. The Morgan fingerprint density at radius 1 is 1.24 bits per heavy atom. The summed E-state index contributed by atoms with van der Waals surface area (Å²) in [6.45, 7) is 15.0. The third-order valence-electron chi connectivity index (χ3n) is 5.03. The molecule has 1 aliphatic carbocycles. The molecule has 1 saturated heterocycles. The summed E-state index contributed by atoms with van der Waals surface area (Å²) in [5, 5.41) is 1.18. The Kier molecular flexibility index (Phi) is 3.21. The average molecular weight is 322 g/mol. The van der Waals surface area contributed by atoms with Gasteiger partial charge in [0.15, 0.2) is 11.5 Å². The number of Topliss-reactive ketones (excluding diaryl/α,β-unsaturated/α-hetero) is 1. The van der Waals surface area contributed by atoms with Gasteiger partial charge in [0.1, 0.15) is 8.24 Å². The summed E-state index contributed by atoms with van der Waals surface area (Å²) >= 11 is 0. The first kappa shape index (κ1) is 15.2. The molecule has 0 bridgehead atoms. The predicted octanol–water partition coefficient (Wildman–Crippen LogP) is 3.53. The van der Waals surface area contributed by atoms with Gasteiger partial charge in [-0.25, -0.2) is 0 Å². The Hall–Kier alpha value is -0.656. The average Bonchev–Trinajstić information content (AvgIpc) is 2.78. The zero-order valence-corrected chi connectivity index (χ0v) is 16.1. The van der Waals surface area contributed by atoms with Gasteiger partial charge in [0.05, 0.1) is 20.3 Å². The maximum absolute atomic E-state index is 13.1. The van der Waals surface area contributed by atoms with Gasteiger partial charge in [0, 0.05) is 0 Å². The molecule has 0 saturated carbocycles. The molecule has 3 rings (SSSR count). The van der Waals surface area contributed by atoms with Crippen molar-refractivity contribution in [1.29, 1.82) is 0 Å². The summed E-state index contributed by atoms with van der Waals surface area (Å²) in [5.41, 5.74) is 0.912. The van der Waals surface area contributed by atoms with Crippen LogP contribution < -0.4 is 0 Å². The molecule has 21 heavy (non-hydrogen) atoms. The quantitative estimate of drug-likeness (QED) is 0.729. The number of hydrogen-bond acceptors (Lipinski definition) is 3. The van der Waals surface area contributed by atoms with E-state index < -0.39 is 22.0 Å². The van der Waals surface area contributed by atoms with Crippen molar-refractivity contribution in [3.05, 3.63) is 23.1 Å². The van der Waals surface area contributed by atoms with Gasteiger partial charge in [-0.15, -0.1) is 0 Å². The normalized spacial score (nSPS) is 33.2.